The molecule has 3 heteroatoms. The Morgan fingerprint density at radius 2 is 1.29 bits per heavy atom. The van der Waals surface area contributed by atoms with E-state index in [0.29, 0.717) is 11.0 Å². The average Bonchev–Trinajstić information content (AvgIpc) is 3.51. The van der Waals surface area contributed by atoms with E-state index in [9.17, 15) is 4.79 Å². The Bertz CT molecular complexity index is 2510. The number of allylic oxidation sites excluding steroid dienone is 4. The van der Waals surface area contributed by atoms with E-state index >= 15 is 0 Å². The van der Waals surface area contributed by atoms with Crippen LogP contribution in [0.1, 0.15) is 17.9 Å². The number of rotatable bonds is 4. The molecule has 1 aliphatic carbocycles. The van der Waals surface area contributed by atoms with Gasteiger partial charge >= 0.3 is 0 Å². The van der Waals surface area contributed by atoms with Crippen LogP contribution < -0.4 is 5.56 Å². The number of pyridine rings is 1. The lowest BCUT2D eigenvalue weighted by molar-refractivity contribution is 0.857. The Labute approximate surface area is 260 Å². The third-order valence-corrected chi connectivity index (χ3v) is 9.28. The molecule has 0 bridgehead atoms. The quantitative estimate of drug-likeness (QED) is 0.209. The number of benzene rings is 6. The Balaban J connectivity index is 1.48. The minimum Gasteiger partial charge on any atom is -0.268 e. The summed E-state index contributed by atoms with van der Waals surface area (Å²) >= 11 is 0. The van der Waals surface area contributed by atoms with E-state index in [2.05, 4.69) is 133 Å². The van der Waals surface area contributed by atoms with E-state index in [-0.39, 0.29) is 11.5 Å². The van der Waals surface area contributed by atoms with Crippen LogP contribution in [0.5, 0.6) is 0 Å². The van der Waals surface area contributed by atoms with Gasteiger partial charge in [0, 0.05) is 27.6 Å². The summed E-state index contributed by atoms with van der Waals surface area (Å²) < 4.78 is 1.88. The molecule has 6 aromatic carbocycles. The molecule has 0 spiro atoms. The Kier molecular flexibility index (Phi) is 5.79. The highest BCUT2D eigenvalue weighted by Gasteiger charge is 2.26. The topological polar surface area (TPSA) is 34.4 Å². The molecule has 0 radical (unpaired) electrons. The van der Waals surface area contributed by atoms with Crippen LogP contribution in [0.4, 0.5) is 0 Å². The molecule has 0 saturated carbocycles. The van der Waals surface area contributed by atoms with Crippen molar-refractivity contribution >= 4 is 38.2 Å². The molecule has 0 aliphatic heterocycles. The minimum absolute atomic E-state index is 0.0414. The predicted octanol–water partition coefficient (Wildman–Crippen LogP) is 10.2. The summed E-state index contributed by atoms with van der Waals surface area (Å²) in [7, 11) is 0. The van der Waals surface area contributed by atoms with Crippen molar-refractivity contribution in [2.75, 3.05) is 0 Å². The van der Waals surface area contributed by atoms with Crippen molar-refractivity contribution in [1.29, 1.82) is 0 Å². The van der Waals surface area contributed by atoms with Gasteiger partial charge in [-0.2, -0.15) is 0 Å². The Hall–Kier alpha value is -5.80. The van der Waals surface area contributed by atoms with Crippen molar-refractivity contribution < 1.29 is 0 Å². The van der Waals surface area contributed by atoms with Gasteiger partial charge in [-0.3, -0.25) is 9.20 Å². The molecule has 3 nitrogen and oxygen atoms in total. The molecule has 2 aromatic heterocycles. The standard InChI is InChI=1S/C42H28N2O/c45-42-34-25-24-31(27-14-5-1-6-15-27)32-22-13-23-33(39(32)34)41-43-36-26-35(28-16-7-2-8-17-28)37(29-18-9-3-10-19-29)38(40(36)44(41)42)30-20-11-4-12-21-30/h1-16,18-26,28H,17H2. The molecular weight excluding hydrogens is 548 g/mol. The van der Waals surface area contributed by atoms with Crippen LogP contribution in [0.2, 0.25) is 0 Å². The van der Waals surface area contributed by atoms with Crippen LogP contribution in [0.3, 0.4) is 0 Å². The highest BCUT2D eigenvalue weighted by atomic mass is 16.1. The molecule has 0 N–H and O–H groups in total. The fourth-order valence-electron chi connectivity index (χ4n) is 7.31. The van der Waals surface area contributed by atoms with Crippen LogP contribution in [0, 0.1) is 0 Å². The summed E-state index contributed by atoms with van der Waals surface area (Å²) in [6.07, 6.45) is 9.68. The second kappa shape index (κ2) is 10.1. The predicted molar refractivity (Wildman–Crippen MR) is 187 cm³/mol. The van der Waals surface area contributed by atoms with Crippen LogP contribution >= 0.6 is 0 Å². The SMILES string of the molecule is O=c1c2ccc(-c3ccccc3)c3cccc(c32)c2nc3cc(C4C=CC=CC4)c(-c4ccccc4)c(-c4ccccc4)c3n12. The molecule has 8 aromatic rings. The first kappa shape index (κ1) is 25.7. The van der Waals surface area contributed by atoms with Gasteiger partial charge in [-0.15, -0.1) is 0 Å². The van der Waals surface area contributed by atoms with Crippen LogP contribution in [0.15, 0.2) is 156 Å². The van der Waals surface area contributed by atoms with Crippen molar-refractivity contribution in [2.24, 2.45) is 0 Å². The molecule has 45 heavy (non-hydrogen) atoms. The second-order valence-corrected chi connectivity index (χ2v) is 11.8. The lowest BCUT2D eigenvalue weighted by atomic mass is 9.82. The van der Waals surface area contributed by atoms with Crippen LogP contribution in [0.25, 0.3) is 71.6 Å². The van der Waals surface area contributed by atoms with Gasteiger partial charge in [-0.25, -0.2) is 4.98 Å². The largest absolute Gasteiger partial charge is 0.268 e. The van der Waals surface area contributed by atoms with Gasteiger partial charge in [0.2, 0.25) is 0 Å². The molecule has 2 heterocycles. The normalized spacial score (nSPS) is 14.7. The van der Waals surface area contributed by atoms with E-state index in [0.717, 1.165) is 67.0 Å². The highest BCUT2D eigenvalue weighted by Crippen LogP contribution is 2.45. The van der Waals surface area contributed by atoms with Crippen molar-refractivity contribution in [3.8, 4) is 33.4 Å². The first-order chi connectivity index (χ1) is 22.3. The maximum absolute atomic E-state index is 14.7. The smallest absolute Gasteiger partial charge is 0.264 e. The van der Waals surface area contributed by atoms with Gasteiger partial charge in [0.25, 0.3) is 5.56 Å². The zero-order valence-electron chi connectivity index (χ0n) is 24.5. The van der Waals surface area contributed by atoms with E-state index < -0.39 is 0 Å². The fraction of sp³-hybridized carbons (Fsp3) is 0.0476. The van der Waals surface area contributed by atoms with E-state index in [1.165, 1.54) is 5.56 Å². The van der Waals surface area contributed by atoms with Gasteiger partial charge in [0.15, 0.2) is 0 Å². The summed E-state index contributed by atoms with van der Waals surface area (Å²) in [5.41, 5.74) is 10.2. The van der Waals surface area contributed by atoms with Crippen molar-refractivity contribution in [3.63, 3.8) is 0 Å². The second-order valence-electron chi connectivity index (χ2n) is 11.8. The number of nitrogens with zero attached hydrogens (tertiary/aromatic N) is 2. The monoisotopic (exact) mass is 576 g/mol. The summed E-state index contributed by atoms with van der Waals surface area (Å²) in [5, 5.41) is 3.72. The molecule has 0 amide bonds. The maximum atomic E-state index is 14.7. The Morgan fingerprint density at radius 3 is 1.98 bits per heavy atom. The average molecular weight is 577 g/mol. The summed E-state index contributed by atoms with van der Waals surface area (Å²) in [6, 6.07) is 44.1. The fourth-order valence-corrected chi connectivity index (χ4v) is 7.31. The van der Waals surface area contributed by atoms with Gasteiger partial charge in [-0.1, -0.05) is 140 Å². The molecule has 9 rings (SSSR count). The van der Waals surface area contributed by atoms with E-state index in [1.54, 1.807) is 0 Å². The minimum atomic E-state index is -0.0414. The third-order valence-electron chi connectivity index (χ3n) is 9.28. The number of aromatic nitrogens is 2. The zero-order valence-corrected chi connectivity index (χ0v) is 24.5. The molecule has 212 valence electrons. The third kappa shape index (κ3) is 3.91. The van der Waals surface area contributed by atoms with Gasteiger partial charge < -0.3 is 0 Å². The number of fused-ring (bicyclic) bond motifs is 4. The van der Waals surface area contributed by atoms with Crippen LogP contribution in [-0.2, 0) is 0 Å². The van der Waals surface area contributed by atoms with Gasteiger partial charge in [0.05, 0.1) is 11.0 Å². The van der Waals surface area contributed by atoms with Crippen LogP contribution in [-0.4, -0.2) is 9.38 Å². The Morgan fingerprint density at radius 1 is 0.622 bits per heavy atom. The molecular formula is C42H28N2O. The van der Waals surface area contributed by atoms with E-state index in [4.69, 9.17) is 4.98 Å². The summed E-state index contributed by atoms with van der Waals surface area (Å²) in [4.78, 5) is 20.0. The van der Waals surface area contributed by atoms with E-state index in [1.807, 2.05) is 22.6 Å². The molecule has 1 aliphatic rings. The molecule has 1 unspecified atom stereocenters. The lowest BCUT2D eigenvalue weighted by Gasteiger charge is -2.22. The number of imidazole rings is 1. The number of hydrogen-bond acceptors (Lipinski definition) is 2. The molecule has 0 saturated heterocycles. The van der Waals surface area contributed by atoms with Crippen molar-refractivity contribution in [3.05, 3.63) is 168 Å². The highest BCUT2D eigenvalue weighted by molar-refractivity contribution is 6.20. The first-order valence-corrected chi connectivity index (χ1v) is 15.5. The lowest BCUT2D eigenvalue weighted by Crippen LogP contribution is -2.14. The van der Waals surface area contributed by atoms with Crippen molar-refractivity contribution in [2.45, 2.75) is 12.3 Å². The van der Waals surface area contributed by atoms with Gasteiger partial charge in [0.1, 0.15) is 5.65 Å². The molecule has 1 atom stereocenters. The van der Waals surface area contributed by atoms with Crippen molar-refractivity contribution in [1.82, 2.24) is 9.38 Å². The molecule has 0 fully saturated rings. The maximum Gasteiger partial charge on any atom is 0.264 e. The summed E-state index contributed by atoms with van der Waals surface area (Å²) in [6.45, 7) is 0. The number of hydrogen-bond donors (Lipinski definition) is 0. The van der Waals surface area contributed by atoms with Gasteiger partial charge in [-0.05, 0) is 57.3 Å². The first-order valence-electron chi connectivity index (χ1n) is 15.5. The zero-order chi connectivity index (χ0) is 29.9. The summed E-state index contributed by atoms with van der Waals surface area (Å²) in [5.74, 6) is 0.195.